The Hall–Kier alpha value is -1.43. The number of fused-ring (bicyclic) bond motifs is 1. The lowest BCUT2D eigenvalue weighted by Crippen LogP contribution is -2.51. The fourth-order valence-corrected chi connectivity index (χ4v) is 2.89. The average Bonchev–Trinajstić information content (AvgIpc) is 2.73. The SMILES string of the molecule is CC(C)c1cc2n(n1)CC(=O)N(CCN1CC(F)C1)CC2. The van der Waals surface area contributed by atoms with Crippen molar-refractivity contribution in [2.75, 3.05) is 32.7 Å². The molecule has 1 amide bonds. The van der Waals surface area contributed by atoms with Gasteiger partial charge in [0.15, 0.2) is 0 Å². The van der Waals surface area contributed by atoms with Gasteiger partial charge in [0.2, 0.25) is 5.91 Å². The second-order valence-corrected chi connectivity index (χ2v) is 6.36. The molecule has 1 aromatic rings. The van der Waals surface area contributed by atoms with Gasteiger partial charge < -0.3 is 4.90 Å². The molecule has 1 fully saturated rings. The van der Waals surface area contributed by atoms with Crippen LogP contribution in [0.3, 0.4) is 0 Å². The van der Waals surface area contributed by atoms with Gasteiger partial charge in [0.1, 0.15) is 12.7 Å². The smallest absolute Gasteiger partial charge is 0.244 e. The van der Waals surface area contributed by atoms with Gasteiger partial charge in [-0.05, 0) is 12.0 Å². The molecule has 3 rings (SSSR count). The summed E-state index contributed by atoms with van der Waals surface area (Å²) >= 11 is 0. The number of aromatic nitrogens is 2. The quantitative estimate of drug-likeness (QED) is 0.833. The first kappa shape index (κ1) is 14.5. The summed E-state index contributed by atoms with van der Waals surface area (Å²) in [6.07, 6.45) is 0.168. The second-order valence-electron chi connectivity index (χ2n) is 6.36. The Morgan fingerprint density at radius 2 is 2.14 bits per heavy atom. The van der Waals surface area contributed by atoms with Gasteiger partial charge in [-0.2, -0.15) is 5.10 Å². The summed E-state index contributed by atoms with van der Waals surface area (Å²) in [7, 11) is 0. The molecule has 1 aromatic heterocycles. The molecule has 0 aliphatic carbocycles. The molecule has 116 valence electrons. The maximum Gasteiger partial charge on any atom is 0.244 e. The fourth-order valence-electron chi connectivity index (χ4n) is 2.89. The number of carbonyl (C=O) groups excluding carboxylic acids is 1. The molecular formula is C15H23FN4O. The summed E-state index contributed by atoms with van der Waals surface area (Å²) in [6, 6.07) is 2.12. The van der Waals surface area contributed by atoms with Gasteiger partial charge in [0.05, 0.1) is 5.69 Å². The average molecular weight is 294 g/mol. The number of halogens is 1. The van der Waals surface area contributed by atoms with Crippen LogP contribution in [-0.4, -0.2) is 64.4 Å². The van der Waals surface area contributed by atoms with Gasteiger partial charge in [-0.15, -0.1) is 0 Å². The first-order valence-corrected chi connectivity index (χ1v) is 7.73. The minimum atomic E-state index is -0.677. The van der Waals surface area contributed by atoms with E-state index in [2.05, 4.69) is 29.9 Å². The van der Waals surface area contributed by atoms with E-state index in [1.165, 1.54) is 0 Å². The predicted molar refractivity (Wildman–Crippen MR) is 77.9 cm³/mol. The van der Waals surface area contributed by atoms with E-state index in [1.54, 1.807) is 0 Å². The largest absolute Gasteiger partial charge is 0.339 e. The summed E-state index contributed by atoms with van der Waals surface area (Å²) in [5.74, 6) is 0.500. The van der Waals surface area contributed by atoms with E-state index in [0.717, 1.165) is 30.9 Å². The van der Waals surface area contributed by atoms with E-state index in [0.29, 0.717) is 32.1 Å². The molecule has 0 N–H and O–H groups in total. The highest BCUT2D eigenvalue weighted by atomic mass is 19.1. The number of rotatable bonds is 4. The lowest BCUT2D eigenvalue weighted by Gasteiger charge is -2.35. The highest BCUT2D eigenvalue weighted by molar-refractivity contribution is 5.76. The minimum Gasteiger partial charge on any atom is -0.339 e. The van der Waals surface area contributed by atoms with Gasteiger partial charge in [-0.1, -0.05) is 13.8 Å². The van der Waals surface area contributed by atoms with Crippen molar-refractivity contribution in [3.63, 3.8) is 0 Å². The molecule has 0 spiro atoms. The van der Waals surface area contributed by atoms with E-state index in [4.69, 9.17) is 0 Å². The van der Waals surface area contributed by atoms with Crippen LogP contribution in [0.2, 0.25) is 0 Å². The van der Waals surface area contributed by atoms with Crippen molar-refractivity contribution in [3.8, 4) is 0 Å². The van der Waals surface area contributed by atoms with E-state index in [1.807, 2.05) is 9.58 Å². The lowest BCUT2D eigenvalue weighted by atomic mass is 10.1. The molecule has 2 aliphatic heterocycles. The van der Waals surface area contributed by atoms with Crippen molar-refractivity contribution in [2.45, 2.75) is 38.9 Å². The van der Waals surface area contributed by atoms with Crippen LogP contribution in [0.4, 0.5) is 4.39 Å². The summed E-state index contributed by atoms with van der Waals surface area (Å²) in [5, 5.41) is 4.54. The van der Waals surface area contributed by atoms with Crippen molar-refractivity contribution in [2.24, 2.45) is 0 Å². The maximum absolute atomic E-state index is 12.8. The highest BCUT2D eigenvalue weighted by Gasteiger charge is 2.28. The molecule has 0 radical (unpaired) electrons. The van der Waals surface area contributed by atoms with Crippen LogP contribution in [0, 0.1) is 0 Å². The van der Waals surface area contributed by atoms with Gasteiger partial charge in [-0.25, -0.2) is 4.39 Å². The Kier molecular flexibility index (Phi) is 3.97. The van der Waals surface area contributed by atoms with Gasteiger partial charge >= 0.3 is 0 Å². The number of hydrogen-bond donors (Lipinski definition) is 0. The molecule has 3 heterocycles. The third-order valence-electron chi connectivity index (χ3n) is 4.35. The minimum absolute atomic E-state index is 0.115. The van der Waals surface area contributed by atoms with E-state index >= 15 is 0 Å². The lowest BCUT2D eigenvalue weighted by molar-refractivity contribution is -0.132. The monoisotopic (exact) mass is 294 g/mol. The van der Waals surface area contributed by atoms with Crippen LogP contribution < -0.4 is 0 Å². The molecule has 6 heteroatoms. The van der Waals surface area contributed by atoms with Gasteiger partial charge in [-0.3, -0.25) is 14.4 Å². The molecule has 0 bridgehead atoms. The van der Waals surface area contributed by atoms with Crippen LogP contribution >= 0.6 is 0 Å². The second kappa shape index (κ2) is 5.75. The highest BCUT2D eigenvalue weighted by Crippen LogP contribution is 2.18. The van der Waals surface area contributed by atoms with Gasteiger partial charge in [0.25, 0.3) is 0 Å². The predicted octanol–water partition coefficient (Wildman–Crippen LogP) is 1.04. The first-order valence-electron chi connectivity index (χ1n) is 7.73. The zero-order valence-corrected chi connectivity index (χ0v) is 12.8. The van der Waals surface area contributed by atoms with E-state index in [9.17, 15) is 9.18 Å². The molecule has 0 unspecified atom stereocenters. The van der Waals surface area contributed by atoms with Crippen LogP contribution in [0.15, 0.2) is 6.07 Å². The van der Waals surface area contributed by atoms with E-state index < -0.39 is 6.17 Å². The van der Waals surface area contributed by atoms with Crippen molar-refractivity contribution < 1.29 is 9.18 Å². The Bertz CT molecular complexity index is 522. The number of amides is 1. The normalized spacial score (nSPS) is 20.6. The third kappa shape index (κ3) is 3.10. The van der Waals surface area contributed by atoms with Crippen LogP contribution in [0.25, 0.3) is 0 Å². The zero-order chi connectivity index (χ0) is 15.0. The third-order valence-corrected chi connectivity index (χ3v) is 4.35. The molecule has 1 saturated heterocycles. The summed E-state index contributed by atoms with van der Waals surface area (Å²) in [5.41, 5.74) is 2.20. The van der Waals surface area contributed by atoms with Crippen molar-refractivity contribution in [3.05, 3.63) is 17.5 Å². The standard InChI is InChI=1S/C15H23FN4O/c1-11(2)14-7-13-3-4-19(15(21)10-20(13)17-14)6-5-18-8-12(16)9-18/h7,11-12H,3-6,8-10H2,1-2H3. The fraction of sp³-hybridized carbons (Fsp3) is 0.733. The van der Waals surface area contributed by atoms with E-state index in [-0.39, 0.29) is 5.91 Å². The molecule has 21 heavy (non-hydrogen) atoms. The molecule has 5 nitrogen and oxygen atoms in total. The van der Waals surface area contributed by atoms with Crippen LogP contribution in [0.1, 0.15) is 31.2 Å². The molecule has 2 aliphatic rings. The summed E-state index contributed by atoms with van der Waals surface area (Å²) in [4.78, 5) is 16.2. The Balaban J connectivity index is 1.58. The number of nitrogens with zero attached hydrogens (tertiary/aromatic N) is 4. The molecule has 0 atom stereocenters. The van der Waals surface area contributed by atoms with Gasteiger partial charge in [0, 0.05) is 44.8 Å². The first-order chi connectivity index (χ1) is 10.0. The Labute approximate surface area is 124 Å². The number of carbonyl (C=O) groups is 1. The van der Waals surface area contributed by atoms with Crippen LogP contribution in [0.5, 0.6) is 0 Å². The molecule has 0 saturated carbocycles. The Morgan fingerprint density at radius 1 is 1.38 bits per heavy atom. The number of likely N-dealkylation sites (tertiary alicyclic amines) is 1. The molecule has 0 aromatic carbocycles. The Morgan fingerprint density at radius 3 is 2.81 bits per heavy atom. The zero-order valence-electron chi connectivity index (χ0n) is 12.8. The van der Waals surface area contributed by atoms with Crippen LogP contribution in [-0.2, 0) is 17.8 Å². The van der Waals surface area contributed by atoms with Crippen molar-refractivity contribution in [1.29, 1.82) is 0 Å². The molecular weight excluding hydrogens is 271 g/mol. The number of alkyl halides is 1. The maximum atomic E-state index is 12.8. The topological polar surface area (TPSA) is 41.4 Å². The van der Waals surface area contributed by atoms with Crippen molar-refractivity contribution in [1.82, 2.24) is 19.6 Å². The summed E-state index contributed by atoms with van der Waals surface area (Å²) < 4.78 is 14.6. The van der Waals surface area contributed by atoms with Crippen molar-refractivity contribution >= 4 is 5.91 Å². The number of hydrogen-bond acceptors (Lipinski definition) is 3. The summed E-state index contributed by atoms with van der Waals surface area (Å²) in [6.45, 7) is 7.77.